The molecule has 2 aromatic heterocycles. The molecule has 0 fully saturated rings. The lowest BCUT2D eigenvalue weighted by atomic mass is 9.87. The van der Waals surface area contributed by atoms with Gasteiger partial charge in [-0.15, -0.1) is 0 Å². The predicted octanol–water partition coefficient (Wildman–Crippen LogP) is 5.98. The number of aromatic nitrogens is 4. The number of sulfonamides is 1. The van der Waals surface area contributed by atoms with Gasteiger partial charge in [0.25, 0.3) is 15.9 Å². The number of hydrogen-bond acceptors (Lipinski definition) is 10. The van der Waals surface area contributed by atoms with Gasteiger partial charge < -0.3 is 19.1 Å². The highest BCUT2D eigenvalue weighted by Crippen LogP contribution is 2.33. The predicted molar refractivity (Wildman–Crippen MR) is 186 cm³/mol. The third-order valence-electron chi connectivity index (χ3n) is 7.90. The minimum Gasteiger partial charge on any atom is -0.488 e. The molecule has 1 aliphatic heterocycles. The second-order valence-corrected chi connectivity index (χ2v) is 15.5. The van der Waals surface area contributed by atoms with E-state index in [9.17, 15) is 13.2 Å². The van der Waals surface area contributed by atoms with Crippen LogP contribution in [0.4, 0.5) is 5.95 Å². The summed E-state index contributed by atoms with van der Waals surface area (Å²) in [6, 6.07) is 13.1. The molecule has 1 aliphatic rings. The van der Waals surface area contributed by atoms with Gasteiger partial charge in [-0.25, -0.2) is 27.7 Å². The molecule has 0 radical (unpaired) electrons. The summed E-state index contributed by atoms with van der Waals surface area (Å²) in [6.45, 7) is 13.7. The number of nitrogens with zero attached hydrogens (tertiary/aromatic N) is 6. The lowest BCUT2D eigenvalue weighted by molar-refractivity contribution is 0.0505. The highest BCUT2D eigenvalue weighted by molar-refractivity contribution is 7.92. The van der Waals surface area contributed by atoms with Crippen molar-refractivity contribution in [2.75, 3.05) is 24.8 Å². The van der Waals surface area contributed by atoms with E-state index >= 15 is 0 Å². The number of carbonyl (C=O) groups excluding carboxylic acids is 1. The first kappa shape index (κ1) is 35.7. The van der Waals surface area contributed by atoms with E-state index < -0.39 is 22.0 Å². The van der Waals surface area contributed by atoms with Gasteiger partial charge in [-0.1, -0.05) is 45.0 Å². The summed E-state index contributed by atoms with van der Waals surface area (Å²) in [5.74, 6) is 0.552. The summed E-state index contributed by atoms with van der Waals surface area (Å²) in [5, 5.41) is 0. The molecule has 0 N–H and O–H groups in total. The Morgan fingerprint density at radius 1 is 1.00 bits per heavy atom. The van der Waals surface area contributed by atoms with Crippen LogP contribution in [0.1, 0.15) is 68.3 Å². The molecule has 49 heavy (non-hydrogen) atoms. The Morgan fingerprint density at radius 3 is 2.31 bits per heavy atom. The largest absolute Gasteiger partial charge is 0.488 e. The number of amides is 1. The number of benzene rings is 2. The van der Waals surface area contributed by atoms with Crippen molar-refractivity contribution in [1.82, 2.24) is 24.8 Å². The molecule has 5 rings (SSSR count). The quantitative estimate of drug-likeness (QED) is 0.218. The van der Waals surface area contributed by atoms with Crippen LogP contribution in [0.5, 0.6) is 11.6 Å². The van der Waals surface area contributed by atoms with Gasteiger partial charge in [0, 0.05) is 24.3 Å². The normalized spacial score (nSPS) is 16.4. The zero-order valence-corrected chi connectivity index (χ0v) is 30.1. The SMILES string of the molecule is COCN1c2nc(cc(-c3c(C)cccc3C)n2)OC[C@@H](CC(C)(C)C)N(Cc2ncc(OC(C)C)cn2)C(=O)c2cccc(c2)S1(=O)=O. The molecule has 260 valence electrons. The van der Waals surface area contributed by atoms with Gasteiger partial charge in [0.15, 0.2) is 5.75 Å². The van der Waals surface area contributed by atoms with Gasteiger partial charge in [-0.05, 0) is 68.9 Å². The molecule has 0 saturated heterocycles. The fraction of sp³-hybridized carbons (Fsp3) is 0.417. The number of hydrogen-bond donors (Lipinski definition) is 0. The number of carbonyl (C=O) groups is 1. The third kappa shape index (κ3) is 8.34. The molecule has 1 atom stereocenters. The third-order valence-corrected chi connectivity index (χ3v) is 9.60. The highest BCUT2D eigenvalue weighted by Gasteiger charge is 2.34. The van der Waals surface area contributed by atoms with Gasteiger partial charge in [-0.3, -0.25) is 4.79 Å². The van der Waals surface area contributed by atoms with Crippen molar-refractivity contribution >= 4 is 21.9 Å². The number of ether oxygens (including phenoxy) is 3. The van der Waals surface area contributed by atoms with Gasteiger partial charge in [0.05, 0.1) is 41.7 Å². The van der Waals surface area contributed by atoms with Crippen LogP contribution in [0.25, 0.3) is 11.3 Å². The molecule has 0 saturated carbocycles. The van der Waals surface area contributed by atoms with Crippen LogP contribution in [0.3, 0.4) is 0 Å². The van der Waals surface area contributed by atoms with Crippen LogP contribution in [0, 0.1) is 19.3 Å². The lowest BCUT2D eigenvalue weighted by Crippen LogP contribution is -2.45. The summed E-state index contributed by atoms with van der Waals surface area (Å²) in [4.78, 5) is 34.3. The molecule has 4 bridgehead atoms. The van der Waals surface area contributed by atoms with E-state index in [2.05, 4.69) is 35.7 Å². The van der Waals surface area contributed by atoms with E-state index in [0.29, 0.717) is 23.7 Å². The standard InChI is InChI=1S/C36H44N6O6S/c1-23(2)48-28-18-37-31(38-19-28)20-41-27(17-36(5,6)7)21-47-32-16-30(33-24(3)11-9-12-25(33)4)39-35(40-32)42(22-46-8)49(44,45)29-14-10-13-26(15-29)34(41)43/h9-16,18-19,23,27H,17,20-22H2,1-8H3/t27-/m1/s1. The Balaban J connectivity index is 1.70. The van der Waals surface area contributed by atoms with Crippen LogP contribution >= 0.6 is 0 Å². The smallest absolute Gasteiger partial charge is 0.268 e. The Labute approximate surface area is 288 Å². The van der Waals surface area contributed by atoms with Gasteiger partial charge in [0.1, 0.15) is 19.2 Å². The van der Waals surface area contributed by atoms with E-state index in [4.69, 9.17) is 19.2 Å². The number of aryl methyl sites for hydroxylation is 2. The number of methoxy groups -OCH3 is 1. The maximum atomic E-state index is 14.5. The van der Waals surface area contributed by atoms with Crippen LogP contribution in [0.15, 0.2) is 65.8 Å². The van der Waals surface area contributed by atoms with E-state index in [1.807, 2.05) is 45.9 Å². The van der Waals surface area contributed by atoms with Crippen molar-refractivity contribution in [1.29, 1.82) is 0 Å². The fourth-order valence-corrected chi connectivity index (χ4v) is 7.13. The zero-order chi connectivity index (χ0) is 35.5. The van der Waals surface area contributed by atoms with Crippen molar-refractivity contribution in [2.45, 2.75) is 78.5 Å². The van der Waals surface area contributed by atoms with Crippen molar-refractivity contribution in [3.63, 3.8) is 0 Å². The Hall–Kier alpha value is -4.62. The van der Waals surface area contributed by atoms with Crippen LogP contribution in [0.2, 0.25) is 0 Å². The first-order chi connectivity index (χ1) is 23.2. The molecule has 4 aromatic rings. The first-order valence-electron chi connectivity index (χ1n) is 16.1. The molecule has 12 nitrogen and oxygen atoms in total. The molecule has 2 aromatic carbocycles. The second-order valence-electron chi connectivity index (χ2n) is 13.6. The average Bonchev–Trinajstić information content (AvgIpc) is 3.04. The summed E-state index contributed by atoms with van der Waals surface area (Å²) in [5.41, 5.74) is 3.19. The van der Waals surface area contributed by atoms with E-state index in [1.54, 1.807) is 35.5 Å². The number of fused-ring (bicyclic) bond motifs is 4. The molecule has 0 aliphatic carbocycles. The van der Waals surface area contributed by atoms with E-state index in [-0.39, 0.29) is 53.7 Å². The second kappa shape index (κ2) is 14.5. The Bertz CT molecular complexity index is 1890. The fourth-order valence-electron chi connectivity index (χ4n) is 5.80. The molecule has 0 unspecified atom stereocenters. The van der Waals surface area contributed by atoms with Gasteiger partial charge in [0.2, 0.25) is 11.8 Å². The van der Waals surface area contributed by atoms with Crippen molar-refractivity contribution in [3.05, 3.63) is 83.4 Å². The minimum atomic E-state index is -4.32. The number of rotatable bonds is 8. The maximum absolute atomic E-state index is 14.5. The topological polar surface area (TPSA) is 137 Å². The summed E-state index contributed by atoms with van der Waals surface area (Å²) < 4.78 is 47.1. The number of anilines is 1. The van der Waals surface area contributed by atoms with Gasteiger partial charge in [-0.2, -0.15) is 4.98 Å². The molecular weight excluding hydrogens is 644 g/mol. The van der Waals surface area contributed by atoms with Crippen molar-refractivity contribution in [3.8, 4) is 22.9 Å². The van der Waals surface area contributed by atoms with Crippen LogP contribution in [-0.2, 0) is 21.3 Å². The molecule has 13 heteroatoms. The van der Waals surface area contributed by atoms with Crippen LogP contribution < -0.4 is 13.8 Å². The van der Waals surface area contributed by atoms with Crippen molar-refractivity contribution in [2.24, 2.45) is 5.41 Å². The summed E-state index contributed by atoms with van der Waals surface area (Å²) in [6.07, 6.45) is 3.66. The Morgan fingerprint density at radius 2 is 1.67 bits per heavy atom. The molecule has 1 amide bonds. The lowest BCUT2D eigenvalue weighted by Gasteiger charge is -2.35. The average molecular weight is 689 g/mol. The maximum Gasteiger partial charge on any atom is 0.268 e. The van der Waals surface area contributed by atoms with E-state index in [0.717, 1.165) is 21.0 Å². The first-order valence-corrected chi connectivity index (χ1v) is 17.6. The highest BCUT2D eigenvalue weighted by atomic mass is 32.2. The summed E-state index contributed by atoms with van der Waals surface area (Å²) in [7, 11) is -2.93. The summed E-state index contributed by atoms with van der Waals surface area (Å²) >= 11 is 0. The molecule has 0 spiro atoms. The monoisotopic (exact) mass is 688 g/mol. The molecule has 3 heterocycles. The molecular formula is C36H44N6O6S. The zero-order valence-electron chi connectivity index (χ0n) is 29.3. The van der Waals surface area contributed by atoms with E-state index in [1.165, 1.54) is 19.2 Å². The van der Waals surface area contributed by atoms with Crippen LogP contribution in [-0.4, -0.2) is 71.8 Å². The minimum absolute atomic E-state index is 0.0420. The Kier molecular flexibility index (Phi) is 10.5. The van der Waals surface area contributed by atoms with Crippen molar-refractivity contribution < 1.29 is 27.4 Å². The van der Waals surface area contributed by atoms with Gasteiger partial charge >= 0.3 is 0 Å².